The molecule has 0 aliphatic heterocycles. The average molecular weight is 357 g/mol. The van der Waals surface area contributed by atoms with Crippen molar-refractivity contribution in [2.75, 3.05) is 17.2 Å². The molecule has 0 spiro atoms. The second-order valence-corrected chi connectivity index (χ2v) is 5.82. The standard InChI is InChI=1S/C17H16ClF3N2O/c1-10-3-4-11(2)14(7-10)22-9-16(24)23-15-8-12(17(19,20)21)5-6-13(15)18/h3-8,22H,9H2,1-2H3,(H,23,24). The molecule has 2 aromatic rings. The fourth-order valence-electron chi connectivity index (χ4n) is 2.09. The summed E-state index contributed by atoms with van der Waals surface area (Å²) in [6, 6.07) is 8.55. The summed E-state index contributed by atoms with van der Waals surface area (Å²) >= 11 is 5.85. The molecule has 0 unspecified atom stereocenters. The third kappa shape index (κ3) is 4.64. The molecule has 2 aromatic carbocycles. The van der Waals surface area contributed by atoms with Gasteiger partial charge in [-0.15, -0.1) is 0 Å². The zero-order chi connectivity index (χ0) is 17.9. The zero-order valence-electron chi connectivity index (χ0n) is 13.1. The van der Waals surface area contributed by atoms with Gasteiger partial charge in [0.1, 0.15) is 0 Å². The largest absolute Gasteiger partial charge is 0.416 e. The van der Waals surface area contributed by atoms with Crippen LogP contribution in [0, 0.1) is 13.8 Å². The Hall–Kier alpha value is -2.21. The molecule has 2 rings (SSSR count). The first-order chi connectivity index (χ1) is 11.2. The SMILES string of the molecule is Cc1ccc(C)c(NCC(=O)Nc2cc(C(F)(F)F)ccc2Cl)c1. The minimum absolute atomic E-state index is 0.0445. The molecule has 1 amide bonds. The third-order valence-corrected chi connectivity index (χ3v) is 3.73. The number of rotatable bonds is 4. The highest BCUT2D eigenvalue weighted by Gasteiger charge is 2.31. The van der Waals surface area contributed by atoms with Crippen LogP contribution in [0.1, 0.15) is 16.7 Å². The van der Waals surface area contributed by atoms with Crippen LogP contribution in [0.3, 0.4) is 0 Å². The van der Waals surface area contributed by atoms with Crippen molar-refractivity contribution in [1.29, 1.82) is 0 Å². The van der Waals surface area contributed by atoms with Gasteiger partial charge in [-0.05, 0) is 49.2 Å². The Labute approximate surface area is 142 Å². The Balaban J connectivity index is 2.06. The Bertz CT molecular complexity index is 760. The highest BCUT2D eigenvalue weighted by Crippen LogP contribution is 2.33. The lowest BCUT2D eigenvalue weighted by Crippen LogP contribution is -2.22. The van der Waals surface area contributed by atoms with E-state index in [-0.39, 0.29) is 17.3 Å². The maximum atomic E-state index is 12.7. The number of alkyl halides is 3. The molecule has 0 radical (unpaired) electrons. The molecule has 128 valence electrons. The van der Waals surface area contributed by atoms with E-state index in [0.29, 0.717) is 0 Å². The van der Waals surface area contributed by atoms with Crippen molar-refractivity contribution in [1.82, 2.24) is 0 Å². The molecule has 0 saturated carbocycles. The molecule has 0 fully saturated rings. The first-order valence-corrected chi connectivity index (χ1v) is 7.52. The monoisotopic (exact) mass is 356 g/mol. The number of amides is 1. The van der Waals surface area contributed by atoms with Crippen molar-refractivity contribution < 1.29 is 18.0 Å². The summed E-state index contributed by atoms with van der Waals surface area (Å²) in [4.78, 5) is 12.0. The highest BCUT2D eigenvalue weighted by atomic mass is 35.5. The van der Waals surface area contributed by atoms with E-state index in [1.54, 1.807) is 0 Å². The summed E-state index contributed by atoms with van der Waals surface area (Å²) in [5, 5.41) is 5.40. The van der Waals surface area contributed by atoms with Crippen molar-refractivity contribution >= 4 is 28.9 Å². The Morgan fingerprint density at radius 3 is 2.46 bits per heavy atom. The number of halogens is 4. The summed E-state index contributed by atoms with van der Waals surface area (Å²) in [5.41, 5.74) is 1.85. The van der Waals surface area contributed by atoms with Gasteiger partial charge in [0, 0.05) is 5.69 Å². The van der Waals surface area contributed by atoms with Crippen LogP contribution in [0.25, 0.3) is 0 Å². The summed E-state index contributed by atoms with van der Waals surface area (Å²) < 4.78 is 38.2. The zero-order valence-corrected chi connectivity index (χ0v) is 13.8. The number of carbonyl (C=O) groups excluding carboxylic acids is 1. The number of nitrogens with one attached hydrogen (secondary N) is 2. The number of carbonyl (C=O) groups is 1. The molecule has 0 atom stereocenters. The number of benzene rings is 2. The van der Waals surface area contributed by atoms with Gasteiger partial charge >= 0.3 is 6.18 Å². The van der Waals surface area contributed by atoms with E-state index < -0.39 is 17.6 Å². The summed E-state index contributed by atoms with van der Waals surface area (Å²) in [7, 11) is 0. The molecule has 0 aromatic heterocycles. The van der Waals surface area contributed by atoms with Crippen LogP contribution in [-0.2, 0) is 11.0 Å². The van der Waals surface area contributed by atoms with Crippen molar-refractivity contribution in [3.8, 4) is 0 Å². The second-order valence-electron chi connectivity index (χ2n) is 5.41. The number of anilines is 2. The molecular weight excluding hydrogens is 341 g/mol. The first kappa shape index (κ1) is 18.1. The van der Waals surface area contributed by atoms with Gasteiger partial charge in [0.15, 0.2) is 0 Å². The van der Waals surface area contributed by atoms with Crippen molar-refractivity contribution in [3.05, 3.63) is 58.1 Å². The molecular formula is C17H16ClF3N2O. The predicted octanol–water partition coefficient (Wildman–Crippen LogP) is 5.03. The van der Waals surface area contributed by atoms with Crippen molar-refractivity contribution in [2.45, 2.75) is 20.0 Å². The van der Waals surface area contributed by atoms with Gasteiger partial charge < -0.3 is 10.6 Å². The van der Waals surface area contributed by atoms with Gasteiger partial charge in [0.25, 0.3) is 0 Å². The second kappa shape index (κ2) is 7.13. The van der Waals surface area contributed by atoms with E-state index in [2.05, 4.69) is 10.6 Å². The molecule has 7 heteroatoms. The van der Waals surface area contributed by atoms with Crippen LogP contribution < -0.4 is 10.6 Å². The topological polar surface area (TPSA) is 41.1 Å². The van der Waals surface area contributed by atoms with Crippen molar-refractivity contribution in [3.63, 3.8) is 0 Å². The van der Waals surface area contributed by atoms with E-state index in [0.717, 1.165) is 35.0 Å². The minimum atomic E-state index is -4.50. The predicted molar refractivity (Wildman–Crippen MR) is 89.5 cm³/mol. The van der Waals surface area contributed by atoms with Gasteiger partial charge in [-0.25, -0.2) is 0 Å². The van der Waals surface area contributed by atoms with Crippen molar-refractivity contribution in [2.24, 2.45) is 0 Å². The fraction of sp³-hybridized carbons (Fsp3) is 0.235. The Kier molecular flexibility index (Phi) is 5.39. The lowest BCUT2D eigenvalue weighted by molar-refractivity contribution is -0.137. The Morgan fingerprint density at radius 2 is 1.79 bits per heavy atom. The van der Waals surface area contributed by atoms with Crippen LogP contribution in [-0.4, -0.2) is 12.5 Å². The van der Waals surface area contributed by atoms with Crippen LogP contribution in [0.2, 0.25) is 5.02 Å². The number of aryl methyl sites for hydroxylation is 2. The lowest BCUT2D eigenvalue weighted by Gasteiger charge is -2.13. The smallest absolute Gasteiger partial charge is 0.376 e. The van der Waals surface area contributed by atoms with Gasteiger partial charge in [-0.2, -0.15) is 13.2 Å². The van der Waals surface area contributed by atoms with E-state index in [1.165, 1.54) is 0 Å². The van der Waals surface area contributed by atoms with E-state index in [4.69, 9.17) is 11.6 Å². The van der Waals surface area contributed by atoms with E-state index in [9.17, 15) is 18.0 Å². The summed E-state index contributed by atoms with van der Waals surface area (Å²) in [5.74, 6) is -0.489. The van der Waals surface area contributed by atoms with Crippen LogP contribution in [0.4, 0.5) is 24.5 Å². The molecule has 0 aliphatic rings. The Morgan fingerprint density at radius 1 is 1.08 bits per heavy atom. The molecule has 3 nitrogen and oxygen atoms in total. The maximum Gasteiger partial charge on any atom is 0.416 e. The van der Waals surface area contributed by atoms with Crippen LogP contribution in [0.5, 0.6) is 0 Å². The number of hydrogen-bond acceptors (Lipinski definition) is 2. The molecule has 0 heterocycles. The lowest BCUT2D eigenvalue weighted by atomic mass is 10.1. The average Bonchev–Trinajstić information content (AvgIpc) is 2.49. The maximum absolute atomic E-state index is 12.7. The first-order valence-electron chi connectivity index (χ1n) is 7.14. The molecule has 24 heavy (non-hydrogen) atoms. The van der Waals surface area contributed by atoms with Crippen LogP contribution in [0.15, 0.2) is 36.4 Å². The molecule has 2 N–H and O–H groups in total. The molecule has 0 saturated heterocycles. The minimum Gasteiger partial charge on any atom is -0.376 e. The van der Waals surface area contributed by atoms with Gasteiger partial charge in [0.2, 0.25) is 5.91 Å². The van der Waals surface area contributed by atoms with Gasteiger partial charge in [-0.3, -0.25) is 4.79 Å². The fourth-order valence-corrected chi connectivity index (χ4v) is 2.26. The normalized spacial score (nSPS) is 11.2. The van der Waals surface area contributed by atoms with Gasteiger partial charge in [0.05, 0.1) is 22.8 Å². The highest BCUT2D eigenvalue weighted by molar-refractivity contribution is 6.33. The number of hydrogen-bond donors (Lipinski definition) is 2. The van der Waals surface area contributed by atoms with Crippen LogP contribution >= 0.6 is 11.6 Å². The molecule has 0 aliphatic carbocycles. The van der Waals surface area contributed by atoms with E-state index in [1.807, 2.05) is 32.0 Å². The summed E-state index contributed by atoms with van der Waals surface area (Å²) in [6.45, 7) is 3.73. The molecule has 0 bridgehead atoms. The summed E-state index contributed by atoms with van der Waals surface area (Å²) in [6.07, 6.45) is -4.50. The quantitative estimate of drug-likeness (QED) is 0.807. The van der Waals surface area contributed by atoms with Gasteiger partial charge in [-0.1, -0.05) is 23.7 Å². The third-order valence-electron chi connectivity index (χ3n) is 3.40. The van der Waals surface area contributed by atoms with E-state index >= 15 is 0 Å².